The van der Waals surface area contributed by atoms with Crippen molar-refractivity contribution in [2.24, 2.45) is 0 Å². The number of nitrogens with zero attached hydrogens (tertiary/aromatic N) is 1. The summed E-state index contributed by atoms with van der Waals surface area (Å²) in [5.41, 5.74) is 0.920. The molecule has 8 nitrogen and oxygen atoms in total. The lowest BCUT2D eigenvalue weighted by molar-refractivity contribution is -0.127. The number of para-hydroxylation sites is 1. The number of carbonyl (C=O) groups excluding carboxylic acids is 1. The van der Waals surface area contributed by atoms with Crippen LogP contribution in [-0.2, 0) is 4.79 Å². The number of fused-ring (bicyclic) bond motifs is 1. The molecule has 4 atom stereocenters. The van der Waals surface area contributed by atoms with E-state index in [0.29, 0.717) is 12.6 Å². The molecule has 27 heavy (non-hydrogen) atoms. The number of aromatic nitrogens is 1. The van der Waals surface area contributed by atoms with Crippen LogP contribution in [0.3, 0.4) is 0 Å². The number of benzene rings is 1. The highest BCUT2D eigenvalue weighted by molar-refractivity contribution is 7.18. The zero-order valence-corrected chi connectivity index (χ0v) is 15.9. The van der Waals surface area contributed by atoms with E-state index >= 15 is 0 Å². The first-order valence-electron chi connectivity index (χ1n) is 9.47. The van der Waals surface area contributed by atoms with E-state index in [0.717, 1.165) is 41.2 Å². The van der Waals surface area contributed by atoms with Crippen molar-refractivity contribution < 1.29 is 9.90 Å². The fraction of sp³-hybridized carbons (Fsp3) is 0.556. The maximum atomic E-state index is 13.0. The lowest BCUT2D eigenvalue weighted by Gasteiger charge is -2.40. The second kappa shape index (κ2) is 8.59. The van der Waals surface area contributed by atoms with Crippen LogP contribution in [0, 0.1) is 0 Å². The van der Waals surface area contributed by atoms with Crippen molar-refractivity contribution in [2.45, 2.75) is 37.3 Å². The Balaban J connectivity index is 1.58. The minimum Gasteiger partial charge on any atom is -0.395 e. The number of rotatable bonds is 6. The van der Waals surface area contributed by atoms with Gasteiger partial charge in [0.1, 0.15) is 17.2 Å². The van der Waals surface area contributed by atoms with Crippen molar-refractivity contribution in [3.8, 4) is 0 Å². The van der Waals surface area contributed by atoms with Crippen molar-refractivity contribution >= 4 is 27.5 Å². The zero-order chi connectivity index (χ0) is 18.6. The predicted octanol–water partition coefficient (Wildman–Crippen LogP) is -0.367. The SMILES string of the molecule is O=C1NC(NCCO)NC(N[C@@H]2CCCNC2)C1c1nc2ccccc2s1. The van der Waals surface area contributed by atoms with Gasteiger partial charge in [0.2, 0.25) is 5.91 Å². The van der Waals surface area contributed by atoms with Crippen LogP contribution in [0.4, 0.5) is 0 Å². The summed E-state index contributed by atoms with van der Waals surface area (Å²) in [5, 5.41) is 26.4. The molecule has 9 heteroatoms. The number of amides is 1. The summed E-state index contributed by atoms with van der Waals surface area (Å²) in [5.74, 6) is -0.471. The smallest absolute Gasteiger partial charge is 0.235 e. The fourth-order valence-electron chi connectivity index (χ4n) is 3.69. The lowest BCUT2D eigenvalue weighted by atomic mass is 10.0. The maximum absolute atomic E-state index is 13.0. The van der Waals surface area contributed by atoms with E-state index in [1.54, 1.807) is 11.3 Å². The molecule has 0 radical (unpaired) electrons. The van der Waals surface area contributed by atoms with Gasteiger partial charge in [0, 0.05) is 19.1 Å². The molecule has 1 amide bonds. The molecule has 2 fully saturated rings. The van der Waals surface area contributed by atoms with Gasteiger partial charge in [-0.2, -0.15) is 0 Å². The molecule has 0 saturated carbocycles. The van der Waals surface area contributed by atoms with Crippen molar-refractivity contribution in [3.63, 3.8) is 0 Å². The number of aliphatic hydroxyl groups excluding tert-OH is 1. The summed E-state index contributed by atoms with van der Waals surface area (Å²) < 4.78 is 1.08. The Morgan fingerprint density at radius 2 is 2.22 bits per heavy atom. The summed E-state index contributed by atoms with van der Waals surface area (Å²) in [4.78, 5) is 17.7. The third kappa shape index (κ3) is 4.29. The van der Waals surface area contributed by atoms with Gasteiger partial charge in [0.05, 0.1) is 23.0 Å². The maximum Gasteiger partial charge on any atom is 0.235 e. The van der Waals surface area contributed by atoms with Crippen molar-refractivity contribution in [3.05, 3.63) is 29.3 Å². The first-order chi connectivity index (χ1) is 13.2. The van der Waals surface area contributed by atoms with E-state index in [1.165, 1.54) is 0 Å². The van der Waals surface area contributed by atoms with Gasteiger partial charge in [-0.3, -0.25) is 20.7 Å². The molecular weight excluding hydrogens is 364 g/mol. The minimum atomic E-state index is -0.406. The number of aliphatic hydroxyl groups is 1. The van der Waals surface area contributed by atoms with Crippen LogP contribution in [-0.4, -0.2) is 60.7 Å². The number of thiazole rings is 1. The van der Waals surface area contributed by atoms with E-state index < -0.39 is 5.92 Å². The zero-order valence-electron chi connectivity index (χ0n) is 15.1. The molecule has 2 aliphatic rings. The summed E-state index contributed by atoms with van der Waals surface area (Å²) >= 11 is 1.56. The van der Waals surface area contributed by atoms with Crippen LogP contribution in [0.5, 0.6) is 0 Å². The number of hydrogen-bond donors (Lipinski definition) is 6. The van der Waals surface area contributed by atoms with Crippen LogP contribution in [0.25, 0.3) is 10.2 Å². The van der Waals surface area contributed by atoms with Gasteiger partial charge in [-0.25, -0.2) is 4.98 Å². The Kier molecular flexibility index (Phi) is 5.96. The van der Waals surface area contributed by atoms with E-state index in [4.69, 9.17) is 10.1 Å². The van der Waals surface area contributed by atoms with E-state index in [-0.39, 0.29) is 25.0 Å². The van der Waals surface area contributed by atoms with Crippen LogP contribution in [0.15, 0.2) is 24.3 Å². The fourth-order valence-corrected chi connectivity index (χ4v) is 4.79. The van der Waals surface area contributed by atoms with E-state index in [9.17, 15) is 4.79 Å². The van der Waals surface area contributed by atoms with Gasteiger partial charge in [-0.15, -0.1) is 11.3 Å². The standard InChI is InChI=1S/C18H26N6O2S/c25-9-8-20-18-23-15(21-11-4-3-7-19-10-11)14(16(26)24-18)17-22-12-5-1-2-6-13(12)27-17/h1-2,5-6,11,14-15,18-21,23,25H,3-4,7-10H2,(H,24,26)/t11-,14?,15?,18?/m1/s1. The van der Waals surface area contributed by atoms with Crippen molar-refractivity contribution in [1.29, 1.82) is 0 Å². The minimum absolute atomic E-state index is 0.0139. The Morgan fingerprint density at radius 1 is 1.33 bits per heavy atom. The molecule has 3 unspecified atom stereocenters. The molecule has 1 aromatic heterocycles. The average molecular weight is 391 g/mol. The Hall–Kier alpha value is -1.62. The van der Waals surface area contributed by atoms with Crippen LogP contribution < -0.4 is 26.6 Å². The van der Waals surface area contributed by atoms with Crippen molar-refractivity contribution in [1.82, 2.24) is 31.6 Å². The molecule has 2 saturated heterocycles. The third-order valence-electron chi connectivity index (χ3n) is 5.00. The molecule has 146 valence electrons. The van der Waals surface area contributed by atoms with Gasteiger partial charge in [-0.1, -0.05) is 12.1 Å². The van der Waals surface area contributed by atoms with Gasteiger partial charge >= 0.3 is 0 Å². The van der Waals surface area contributed by atoms with Crippen LogP contribution in [0.2, 0.25) is 0 Å². The van der Waals surface area contributed by atoms with Gasteiger partial charge in [-0.05, 0) is 31.5 Å². The molecule has 3 heterocycles. The Morgan fingerprint density at radius 3 is 3.00 bits per heavy atom. The predicted molar refractivity (Wildman–Crippen MR) is 105 cm³/mol. The normalized spacial score (nSPS) is 29.0. The highest BCUT2D eigenvalue weighted by Crippen LogP contribution is 2.30. The quantitative estimate of drug-likeness (QED) is 0.399. The Labute approximate surface area is 162 Å². The highest BCUT2D eigenvalue weighted by atomic mass is 32.1. The molecule has 6 N–H and O–H groups in total. The number of nitrogens with one attached hydrogen (secondary N) is 5. The Bertz CT molecular complexity index is 745. The summed E-state index contributed by atoms with van der Waals surface area (Å²) in [7, 11) is 0. The first-order valence-corrected chi connectivity index (χ1v) is 10.3. The molecule has 4 rings (SSSR count). The monoisotopic (exact) mass is 390 g/mol. The average Bonchev–Trinajstić information content (AvgIpc) is 3.10. The number of carbonyl (C=O) groups is 1. The topological polar surface area (TPSA) is 110 Å². The second-order valence-electron chi connectivity index (χ2n) is 6.97. The number of hydrogen-bond acceptors (Lipinski definition) is 8. The summed E-state index contributed by atoms with van der Waals surface area (Å²) in [6.45, 7) is 2.35. The summed E-state index contributed by atoms with van der Waals surface area (Å²) in [6, 6.07) is 8.26. The van der Waals surface area contributed by atoms with E-state index in [2.05, 4.69) is 26.6 Å². The second-order valence-corrected chi connectivity index (χ2v) is 8.03. The molecule has 1 aromatic carbocycles. The molecule has 0 bridgehead atoms. The van der Waals surface area contributed by atoms with Crippen molar-refractivity contribution in [2.75, 3.05) is 26.2 Å². The van der Waals surface area contributed by atoms with E-state index in [1.807, 2.05) is 24.3 Å². The third-order valence-corrected chi connectivity index (χ3v) is 6.12. The number of piperidine rings is 1. The molecule has 0 spiro atoms. The molecule has 2 aliphatic heterocycles. The molecule has 2 aromatic rings. The van der Waals surface area contributed by atoms with Crippen LogP contribution >= 0.6 is 11.3 Å². The van der Waals surface area contributed by atoms with Crippen LogP contribution in [0.1, 0.15) is 23.8 Å². The molecule has 0 aliphatic carbocycles. The lowest BCUT2D eigenvalue weighted by Crippen LogP contribution is -2.70. The largest absolute Gasteiger partial charge is 0.395 e. The highest BCUT2D eigenvalue weighted by Gasteiger charge is 2.40. The summed E-state index contributed by atoms with van der Waals surface area (Å²) in [6.07, 6.45) is 1.58. The first kappa shape index (κ1) is 18.7. The van der Waals surface area contributed by atoms with Gasteiger partial charge in [0.25, 0.3) is 0 Å². The van der Waals surface area contributed by atoms with Gasteiger partial charge in [0.15, 0.2) is 0 Å². The molecular formula is C18H26N6O2S. The van der Waals surface area contributed by atoms with Gasteiger partial charge < -0.3 is 15.7 Å².